The molecule has 0 aliphatic carbocycles. The number of ketones is 1. The topological polar surface area (TPSA) is 373 Å². The Bertz CT molecular complexity index is 5040. The second-order valence-corrected chi connectivity index (χ2v) is 30.3. The molecule has 5 fully saturated rings. The van der Waals surface area contributed by atoms with Crippen molar-refractivity contribution in [1.29, 1.82) is 0 Å². The summed E-state index contributed by atoms with van der Waals surface area (Å²) < 4.78 is 12.5. The minimum Gasteiger partial charge on any atom is -0.624 e. The van der Waals surface area contributed by atoms with E-state index in [4.69, 9.17) is 9.47 Å². The van der Waals surface area contributed by atoms with Crippen LogP contribution in [0.25, 0.3) is 25.0 Å². The molecule has 5 heterocycles. The van der Waals surface area contributed by atoms with Gasteiger partial charge in [0, 0.05) is 164 Å². The molecule has 6 aromatic rings. The number of ether oxygens (including phenoxy) is 2. The van der Waals surface area contributed by atoms with Crippen LogP contribution in [0.3, 0.4) is 0 Å². The van der Waals surface area contributed by atoms with Gasteiger partial charge in [0.05, 0.1) is 13.1 Å². The summed E-state index contributed by atoms with van der Waals surface area (Å²) in [5, 5.41) is 94.4. The van der Waals surface area contributed by atoms with Gasteiger partial charge < -0.3 is 96.8 Å². The SMILES string of the molecule is Cc1cc(C)c(C(=O)CCCN2CCNC2=O)c(C)c1C#[N+][O-].Cc1cc(C)c(N(CCN2CCNC2=O)c2c(C)cc(C)c(C#[N+]O)c2C)c(C)c1C#[N+][O-].Cc1cc(C)c(NCCN2CCNC2=O)c(C)c1C#[N+][O-].Cc1cc(C)c(OCCN2CCNC2=O)c(C)c1C#[N+][O-].Cc1cc(C)c(OCCN2CCNC2=O)c(C)c1C=[N+](C)[O-]. The Morgan fingerprint density at radius 2 is 0.800 bits per heavy atom. The molecule has 6 aromatic carbocycles. The number of Topliss-reactive ketones (excluding diaryl/α,β-unsaturated/α-hetero) is 1. The zero-order valence-corrected chi connectivity index (χ0v) is 72.5. The minimum atomic E-state index is -0.0707. The van der Waals surface area contributed by atoms with Gasteiger partial charge in [0.25, 0.3) is 0 Å². The number of aryl methyl sites for hydroxylation is 12. The van der Waals surface area contributed by atoms with Gasteiger partial charge in [0.1, 0.15) is 59.6 Å². The molecule has 0 bridgehead atoms. The monoisotopic (exact) mass is 1650 g/mol. The highest BCUT2D eigenvalue weighted by Crippen LogP contribution is 2.40. The third-order valence-corrected chi connectivity index (χ3v) is 21.6. The standard InChI is InChI=1S/C25H29N5O3.C17H21N3O3.C16H23N3O3.C15H20N4O2.C15H19N3O3/c1-15-11-17(3)23(19(5)21(15)13-27-32)30(10-9-29-8-7-26-25(29)31)24-18(4)12-16(2)22(14-28-33)20(24)6;1-11-9-12(2)16(13(3)14(11)10-19-23)15(21)5-4-7-20-8-6-18-17(20)22;1-11-9-12(2)15(13(3)14(11)10-18(4)21)22-8-7-19-6-5-17-16(19)20;1-10-8-11(2)14(12(3)13(10)9-18-21)16-4-6-19-7-5-17-15(19)20;1-10-8-11(2)14(12(3)13(10)9-17-20)21-7-6-18-5-4-16-15(18)19/h11-12H,7-10H2,1-6H3,(H-,26,31,32);9H,4-8H2,1-3H3,(H,18,22);9-10H,5-8H2,1-4H3,(H,17,20);8,16H,4-7H2,1-3H3,(H,17,20);8H,4-7H2,1-3H3,(H,16,19)/p+1. The number of carbonyl (C=O) groups excluding carboxylic acids is 6. The van der Waals surface area contributed by atoms with Crippen LogP contribution in [0.4, 0.5) is 41.0 Å². The summed E-state index contributed by atoms with van der Waals surface area (Å²) in [5.74, 6) is 1.54. The number of rotatable bonds is 23. The van der Waals surface area contributed by atoms with Crippen molar-refractivity contribution in [1.82, 2.24) is 51.1 Å². The first-order valence-electron chi connectivity index (χ1n) is 39.9. The maximum absolute atomic E-state index is 12.6. The van der Waals surface area contributed by atoms with E-state index in [1.54, 1.807) is 30.7 Å². The molecule has 10 amide bonds. The molecule has 32 nitrogen and oxygen atoms in total. The van der Waals surface area contributed by atoms with E-state index in [-0.39, 0.29) is 35.9 Å². The smallest absolute Gasteiger partial charge is 0.388 e. The van der Waals surface area contributed by atoms with E-state index in [2.05, 4.69) is 92.2 Å². The van der Waals surface area contributed by atoms with Crippen LogP contribution in [0.15, 0.2) is 36.4 Å². The molecule has 32 heteroatoms. The Kier molecular flexibility index (Phi) is 34.4. The molecule has 120 heavy (non-hydrogen) atoms. The van der Waals surface area contributed by atoms with E-state index in [0.717, 1.165) is 157 Å². The highest BCUT2D eigenvalue weighted by molar-refractivity contribution is 5.99. The van der Waals surface area contributed by atoms with E-state index >= 15 is 0 Å². The largest absolute Gasteiger partial charge is 0.624 e. The highest BCUT2D eigenvalue weighted by Gasteiger charge is 2.30. The lowest BCUT2D eigenvalue weighted by atomic mass is 9.90. The lowest BCUT2D eigenvalue weighted by Gasteiger charge is -2.33. The van der Waals surface area contributed by atoms with Crippen molar-refractivity contribution >= 4 is 59.2 Å². The minimum absolute atomic E-state index is 0.0124. The average Bonchev–Trinajstić information content (AvgIpc) is 0.780. The maximum atomic E-state index is 12.6. The molecule has 0 spiro atoms. The summed E-state index contributed by atoms with van der Waals surface area (Å²) in [6.45, 7) is 46.8. The molecular weight excluding hydrogens is 1530 g/mol. The van der Waals surface area contributed by atoms with Crippen LogP contribution in [0.1, 0.15) is 157 Å². The summed E-state index contributed by atoms with van der Waals surface area (Å²) in [6, 6.07) is 24.4. The zero-order chi connectivity index (χ0) is 88.4. The molecular formula is C88H113N18O14+. The number of nitrogens with one attached hydrogen (secondary N) is 6. The molecule has 638 valence electrons. The van der Waals surface area contributed by atoms with Crippen LogP contribution in [-0.4, -0.2) is 208 Å². The first-order valence-corrected chi connectivity index (χ1v) is 39.9. The van der Waals surface area contributed by atoms with Crippen LogP contribution < -0.4 is 46.3 Å². The van der Waals surface area contributed by atoms with Crippen LogP contribution in [-0.2, 0) is 0 Å². The zero-order valence-electron chi connectivity index (χ0n) is 72.5. The summed E-state index contributed by atoms with van der Waals surface area (Å²) in [5.41, 5.74) is 24.9. The molecule has 5 aliphatic heterocycles. The van der Waals surface area contributed by atoms with Crippen molar-refractivity contribution in [3.63, 3.8) is 0 Å². The van der Waals surface area contributed by atoms with Crippen molar-refractivity contribution in [2.45, 2.75) is 137 Å². The average molecular weight is 1650 g/mol. The van der Waals surface area contributed by atoms with Gasteiger partial charge in [-0.2, -0.15) is 5.21 Å². The molecule has 0 saturated carbocycles. The van der Waals surface area contributed by atoms with E-state index in [0.29, 0.717) is 153 Å². The third-order valence-electron chi connectivity index (χ3n) is 21.6. The first kappa shape index (κ1) is 93.6. The normalized spacial score (nSPS) is 13.6. The van der Waals surface area contributed by atoms with Crippen LogP contribution in [0.5, 0.6) is 11.5 Å². The molecule has 0 aromatic heterocycles. The summed E-state index contributed by atoms with van der Waals surface area (Å²) in [4.78, 5) is 81.5. The van der Waals surface area contributed by atoms with Gasteiger partial charge in [-0.3, -0.25) is 4.79 Å². The van der Waals surface area contributed by atoms with Gasteiger partial charge in [0.2, 0.25) is 5.01 Å². The Balaban J connectivity index is 0.000000209. The quantitative estimate of drug-likeness (QED) is 0.0103. The lowest BCUT2D eigenvalue weighted by molar-refractivity contribution is -0.416. The Morgan fingerprint density at radius 1 is 0.450 bits per heavy atom. The Hall–Kier alpha value is -13.5. The van der Waals surface area contributed by atoms with E-state index < -0.39 is 0 Å². The van der Waals surface area contributed by atoms with Gasteiger partial charge in [-0.25, -0.2) is 28.7 Å². The fourth-order valence-electron chi connectivity index (χ4n) is 16.1. The second-order valence-electron chi connectivity index (χ2n) is 30.3. The van der Waals surface area contributed by atoms with E-state index in [9.17, 15) is 60.0 Å². The van der Waals surface area contributed by atoms with Crippen LogP contribution >= 0.6 is 0 Å². The van der Waals surface area contributed by atoms with Crippen molar-refractivity contribution in [2.24, 2.45) is 0 Å². The van der Waals surface area contributed by atoms with Crippen LogP contribution in [0.2, 0.25) is 0 Å². The molecule has 7 N–H and O–H groups in total. The van der Waals surface area contributed by atoms with Crippen molar-refractivity contribution < 1.29 is 48.2 Å². The highest BCUT2D eigenvalue weighted by atomic mass is 16.5. The Morgan fingerprint density at radius 3 is 1.21 bits per heavy atom. The predicted molar refractivity (Wildman–Crippen MR) is 471 cm³/mol. The van der Waals surface area contributed by atoms with Gasteiger partial charge in [-0.05, 0) is 220 Å². The number of hydrogen-bond acceptors (Lipinski definition) is 16. The van der Waals surface area contributed by atoms with E-state index in [1.165, 1.54) is 7.05 Å². The third kappa shape index (κ3) is 23.9. The molecule has 11 rings (SSSR count). The molecule has 0 unspecified atom stereocenters. The number of anilines is 3. The van der Waals surface area contributed by atoms with Gasteiger partial charge >= 0.3 is 60.5 Å². The maximum Gasteiger partial charge on any atom is 0.388 e. The van der Waals surface area contributed by atoms with Gasteiger partial charge in [0.15, 0.2) is 12.0 Å². The molecule has 5 aliphatic rings. The number of benzene rings is 6. The number of amides is 10. The van der Waals surface area contributed by atoms with Crippen molar-refractivity contribution in [2.75, 3.05) is 142 Å². The van der Waals surface area contributed by atoms with Crippen molar-refractivity contribution in [3.05, 3.63) is 227 Å². The van der Waals surface area contributed by atoms with Gasteiger partial charge in [-0.1, -0.05) is 36.4 Å². The molecule has 0 atom stereocenters. The number of carbonyl (C=O) groups is 6. The number of hydrogen-bond donors (Lipinski definition) is 7. The fraction of sp³-hybridized carbons (Fsp3) is 0.455. The number of urea groups is 5. The summed E-state index contributed by atoms with van der Waals surface area (Å²) in [6.07, 6.45) is 2.54. The van der Waals surface area contributed by atoms with E-state index in [1.807, 2.05) is 161 Å². The summed E-state index contributed by atoms with van der Waals surface area (Å²) >= 11 is 0. The molecule has 5 saturated heterocycles. The van der Waals surface area contributed by atoms with Crippen LogP contribution in [0, 0.1) is 181 Å². The Labute approximate surface area is 702 Å². The summed E-state index contributed by atoms with van der Waals surface area (Å²) in [7, 11) is 1.46. The lowest BCUT2D eigenvalue weighted by Crippen LogP contribution is -2.36. The molecule has 0 radical (unpaired) electrons. The predicted octanol–water partition coefficient (Wildman–Crippen LogP) is 13.7. The van der Waals surface area contributed by atoms with Crippen molar-refractivity contribution in [3.8, 4) is 41.8 Å². The fourth-order valence-corrected chi connectivity index (χ4v) is 16.1. The number of nitrogens with zero attached hydrogens (tertiary/aromatic N) is 12. The first-order chi connectivity index (χ1) is 57.1. The van der Waals surface area contributed by atoms with Gasteiger partial charge in [-0.15, -0.1) is 0 Å². The second kappa shape index (κ2) is 44.1. The number of hydroxylamine groups is 1.